The summed E-state index contributed by atoms with van der Waals surface area (Å²) >= 11 is 0. The van der Waals surface area contributed by atoms with Gasteiger partial charge in [-0.05, 0) is 43.6 Å². The maximum Gasteiger partial charge on any atom is 0.225 e. The first kappa shape index (κ1) is 15.5. The van der Waals surface area contributed by atoms with Crippen molar-refractivity contribution in [2.24, 2.45) is 17.6 Å². The van der Waals surface area contributed by atoms with Crippen molar-refractivity contribution >= 4 is 5.91 Å². The molecule has 0 radical (unpaired) electrons. The third-order valence-electron chi connectivity index (χ3n) is 5.26. The summed E-state index contributed by atoms with van der Waals surface area (Å²) in [5.74, 6) is 0.656. The molecule has 3 unspecified atom stereocenters. The van der Waals surface area contributed by atoms with E-state index in [2.05, 4.69) is 0 Å². The number of aliphatic hydroxyl groups excluding tert-OH is 1. The maximum absolute atomic E-state index is 12.5. The van der Waals surface area contributed by atoms with Gasteiger partial charge in [-0.25, -0.2) is 0 Å². The Morgan fingerprint density at radius 3 is 2.41 bits per heavy atom. The molecule has 2 aliphatic rings. The van der Waals surface area contributed by atoms with Crippen LogP contribution in [0.3, 0.4) is 0 Å². The second-order valence-corrected chi connectivity index (χ2v) is 6.79. The fraction of sp³-hybridized carbons (Fsp3) is 0.611. The molecule has 1 heterocycles. The first-order chi connectivity index (χ1) is 10.6. The molecule has 3 rings (SSSR count). The van der Waals surface area contributed by atoms with Gasteiger partial charge in [0.05, 0.1) is 6.10 Å². The number of amides is 1. The van der Waals surface area contributed by atoms with Gasteiger partial charge in [-0.15, -0.1) is 0 Å². The average molecular weight is 302 g/mol. The van der Waals surface area contributed by atoms with Crippen LogP contribution in [0.1, 0.15) is 43.8 Å². The van der Waals surface area contributed by atoms with Crippen LogP contribution in [0.4, 0.5) is 0 Å². The van der Waals surface area contributed by atoms with Crippen molar-refractivity contribution in [1.82, 2.24) is 4.90 Å². The molecule has 3 atom stereocenters. The number of likely N-dealkylation sites (tertiary alicyclic amines) is 1. The lowest BCUT2D eigenvalue weighted by molar-refractivity contribution is -0.137. The first-order valence-electron chi connectivity index (χ1n) is 8.42. The van der Waals surface area contributed by atoms with Gasteiger partial charge in [0.15, 0.2) is 0 Å². The third-order valence-corrected chi connectivity index (χ3v) is 5.26. The second kappa shape index (κ2) is 6.80. The highest BCUT2D eigenvalue weighted by Gasteiger charge is 2.34. The number of rotatable bonds is 3. The van der Waals surface area contributed by atoms with Gasteiger partial charge in [-0.2, -0.15) is 0 Å². The van der Waals surface area contributed by atoms with E-state index in [0.29, 0.717) is 0 Å². The number of hydrogen-bond acceptors (Lipinski definition) is 3. The molecule has 1 saturated heterocycles. The van der Waals surface area contributed by atoms with Gasteiger partial charge in [0.1, 0.15) is 0 Å². The van der Waals surface area contributed by atoms with Crippen molar-refractivity contribution in [3.63, 3.8) is 0 Å². The van der Waals surface area contributed by atoms with Crippen LogP contribution in [-0.2, 0) is 4.79 Å². The minimum Gasteiger partial charge on any atom is -0.388 e. The largest absolute Gasteiger partial charge is 0.388 e. The normalized spacial score (nSPS) is 27.8. The van der Waals surface area contributed by atoms with Crippen LogP contribution in [-0.4, -0.2) is 35.0 Å². The summed E-state index contributed by atoms with van der Waals surface area (Å²) in [4.78, 5) is 14.5. The van der Waals surface area contributed by atoms with E-state index in [-0.39, 0.29) is 23.8 Å². The van der Waals surface area contributed by atoms with Gasteiger partial charge in [0, 0.05) is 25.0 Å². The quantitative estimate of drug-likeness (QED) is 0.898. The molecular weight excluding hydrogens is 276 g/mol. The Bertz CT molecular complexity index is 497. The molecule has 1 aromatic rings. The van der Waals surface area contributed by atoms with E-state index in [1.54, 1.807) is 0 Å². The van der Waals surface area contributed by atoms with E-state index in [9.17, 15) is 9.90 Å². The predicted molar refractivity (Wildman–Crippen MR) is 86.0 cm³/mol. The van der Waals surface area contributed by atoms with Crippen molar-refractivity contribution in [3.05, 3.63) is 35.9 Å². The Morgan fingerprint density at radius 1 is 1.14 bits per heavy atom. The minimum atomic E-state index is -0.418. The molecule has 0 bridgehead atoms. The molecule has 4 heteroatoms. The van der Waals surface area contributed by atoms with Crippen LogP contribution in [0.15, 0.2) is 30.3 Å². The Labute approximate surface area is 132 Å². The van der Waals surface area contributed by atoms with E-state index in [4.69, 9.17) is 5.73 Å². The number of aliphatic hydroxyl groups is 1. The second-order valence-electron chi connectivity index (χ2n) is 6.79. The zero-order valence-electron chi connectivity index (χ0n) is 13.0. The predicted octanol–water partition coefficient (Wildman–Crippen LogP) is 2.09. The summed E-state index contributed by atoms with van der Waals surface area (Å²) in [6.07, 6.45) is 4.08. The summed E-state index contributed by atoms with van der Waals surface area (Å²) < 4.78 is 0. The number of benzene rings is 1. The summed E-state index contributed by atoms with van der Waals surface area (Å²) in [6.45, 7) is 1.53. The molecule has 1 amide bonds. The van der Waals surface area contributed by atoms with Crippen molar-refractivity contribution in [1.29, 1.82) is 0 Å². The zero-order valence-corrected chi connectivity index (χ0v) is 13.0. The molecule has 2 fully saturated rings. The van der Waals surface area contributed by atoms with Gasteiger partial charge in [0.25, 0.3) is 0 Å². The van der Waals surface area contributed by atoms with Crippen molar-refractivity contribution in [2.75, 3.05) is 13.1 Å². The molecule has 1 aromatic carbocycles. The van der Waals surface area contributed by atoms with Crippen molar-refractivity contribution in [2.45, 2.75) is 44.2 Å². The molecule has 0 spiro atoms. The highest BCUT2D eigenvalue weighted by Crippen LogP contribution is 2.32. The van der Waals surface area contributed by atoms with Gasteiger partial charge in [0.2, 0.25) is 5.91 Å². The molecule has 3 N–H and O–H groups in total. The monoisotopic (exact) mass is 302 g/mol. The summed E-state index contributed by atoms with van der Waals surface area (Å²) in [5, 5.41) is 10.5. The van der Waals surface area contributed by atoms with E-state index >= 15 is 0 Å². The first-order valence-corrected chi connectivity index (χ1v) is 8.42. The SMILES string of the molecule is NC1CCC(C(=O)N2CCC(C(O)c3ccccc3)CC2)C1. The lowest BCUT2D eigenvalue weighted by Crippen LogP contribution is -2.42. The van der Waals surface area contributed by atoms with Crippen molar-refractivity contribution < 1.29 is 9.90 Å². The number of piperidine rings is 1. The average Bonchev–Trinajstić information content (AvgIpc) is 3.01. The van der Waals surface area contributed by atoms with Crippen LogP contribution in [0, 0.1) is 11.8 Å². The summed E-state index contributed by atoms with van der Waals surface area (Å²) in [5.41, 5.74) is 6.90. The standard InChI is InChI=1S/C18H26N2O2/c19-16-7-6-15(12-16)18(22)20-10-8-14(9-11-20)17(21)13-4-2-1-3-5-13/h1-5,14-17,21H,6-12,19H2. The van der Waals surface area contributed by atoms with Crippen LogP contribution in [0.25, 0.3) is 0 Å². The lowest BCUT2D eigenvalue weighted by atomic mass is 9.87. The highest BCUT2D eigenvalue weighted by molar-refractivity contribution is 5.79. The van der Waals surface area contributed by atoms with Crippen LogP contribution >= 0.6 is 0 Å². The third kappa shape index (κ3) is 3.33. The smallest absolute Gasteiger partial charge is 0.225 e. The number of nitrogens with two attached hydrogens (primary N) is 1. The molecule has 1 aliphatic carbocycles. The van der Waals surface area contributed by atoms with Crippen molar-refractivity contribution in [3.8, 4) is 0 Å². The van der Waals surface area contributed by atoms with Gasteiger partial charge >= 0.3 is 0 Å². The van der Waals surface area contributed by atoms with Crippen LogP contribution < -0.4 is 5.73 Å². The Hall–Kier alpha value is -1.39. The van der Waals surface area contributed by atoms with Gasteiger partial charge < -0.3 is 15.7 Å². The molecule has 0 aromatic heterocycles. The van der Waals surface area contributed by atoms with Gasteiger partial charge in [-0.1, -0.05) is 30.3 Å². The fourth-order valence-electron chi connectivity index (χ4n) is 3.86. The van der Waals surface area contributed by atoms with E-state index in [1.165, 1.54) is 0 Å². The number of nitrogens with zero attached hydrogens (tertiary/aromatic N) is 1. The Morgan fingerprint density at radius 2 is 1.82 bits per heavy atom. The van der Waals surface area contributed by atoms with Gasteiger partial charge in [-0.3, -0.25) is 4.79 Å². The molecule has 1 aliphatic heterocycles. The number of carbonyl (C=O) groups is 1. The Kier molecular flexibility index (Phi) is 4.79. The van der Waals surface area contributed by atoms with E-state index in [1.807, 2.05) is 35.2 Å². The lowest BCUT2D eigenvalue weighted by Gasteiger charge is -2.35. The highest BCUT2D eigenvalue weighted by atomic mass is 16.3. The molecule has 120 valence electrons. The summed E-state index contributed by atoms with van der Waals surface area (Å²) in [7, 11) is 0. The molecule has 4 nitrogen and oxygen atoms in total. The van der Waals surface area contributed by atoms with E-state index < -0.39 is 6.10 Å². The number of carbonyl (C=O) groups excluding carboxylic acids is 1. The zero-order chi connectivity index (χ0) is 15.5. The van der Waals surface area contributed by atoms with E-state index in [0.717, 1.165) is 50.8 Å². The fourth-order valence-corrected chi connectivity index (χ4v) is 3.86. The minimum absolute atomic E-state index is 0.130. The van der Waals surface area contributed by atoms with Crippen LogP contribution in [0.5, 0.6) is 0 Å². The maximum atomic E-state index is 12.5. The Balaban J connectivity index is 1.53. The summed E-state index contributed by atoms with van der Waals surface area (Å²) in [6, 6.07) is 10.0. The molecular formula is C18H26N2O2. The molecule has 1 saturated carbocycles. The van der Waals surface area contributed by atoms with Crippen LogP contribution in [0.2, 0.25) is 0 Å². The number of hydrogen-bond donors (Lipinski definition) is 2. The topological polar surface area (TPSA) is 66.6 Å². The molecule has 22 heavy (non-hydrogen) atoms.